The molecule has 0 atom stereocenters. The van der Waals surface area contributed by atoms with Crippen LogP contribution in [-0.2, 0) is 6.42 Å². The first kappa shape index (κ1) is 9.56. The summed E-state index contributed by atoms with van der Waals surface area (Å²) in [6.07, 6.45) is 0.971. The molecule has 60 valence electrons. The summed E-state index contributed by atoms with van der Waals surface area (Å²) in [5.41, 5.74) is 1.18. The van der Waals surface area contributed by atoms with E-state index in [-0.39, 0.29) is 0 Å². The minimum Gasteiger partial charge on any atom is -0.0924 e. The van der Waals surface area contributed by atoms with Crippen LogP contribution in [0.5, 0.6) is 0 Å². The van der Waals surface area contributed by atoms with Gasteiger partial charge in [-0.25, -0.2) is 0 Å². The number of hydrogen-bond acceptors (Lipinski definition) is 0. The van der Waals surface area contributed by atoms with Crippen LogP contribution >= 0.6 is 43.5 Å². The molecule has 1 aromatic carbocycles. The van der Waals surface area contributed by atoms with E-state index in [1.807, 2.05) is 18.2 Å². The van der Waals surface area contributed by atoms with Crippen molar-refractivity contribution in [3.8, 4) is 0 Å². The number of hydrogen-bond donors (Lipinski definition) is 0. The summed E-state index contributed by atoms with van der Waals surface area (Å²) in [6.45, 7) is 0. The van der Waals surface area contributed by atoms with Crippen molar-refractivity contribution < 1.29 is 0 Å². The Morgan fingerprint density at radius 3 is 2.73 bits per heavy atom. The maximum Gasteiger partial charge on any atom is 0.0439 e. The molecule has 11 heavy (non-hydrogen) atoms. The van der Waals surface area contributed by atoms with Gasteiger partial charge in [-0.1, -0.05) is 43.5 Å². The molecule has 0 aliphatic heterocycles. The predicted octanol–water partition coefficient (Wildman–Crippen LogP) is 4.04. The fraction of sp³-hybridized carbons (Fsp3) is 0.250. The second-order valence-corrected chi connectivity index (χ2v) is 4.29. The van der Waals surface area contributed by atoms with Crippen LogP contribution in [0, 0.1) is 0 Å². The first-order chi connectivity index (χ1) is 5.24. The van der Waals surface area contributed by atoms with Crippen LogP contribution in [0.15, 0.2) is 22.7 Å². The van der Waals surface area contributed by atoms with Crippen LogP contribution < -0.4 is 0 Å². The highest BCUT2D eigenvalue weighted by atomic mass is 79.9. The third kappa shape index (κ3) is 2.77. The Hall–Kier alpha value is 0.470. The Morgan fingerprint density at radius 2 is 2.09 bits per heavy atom. The highest BCUT2D eigenvalue weighted by Crippen LogP contribution is 2.21. The molecule has 0 nitrogen and oxygen atoms in total. The number of halogens is 3. The summed E-state index contributed by atoms with van der Waals surface area (Å²) in [5, 5.41) is 1.79. The highest BCUT2D eigenvalue weighted by molar-refractivity contribution is 9.10. The molecule has 0 fully saturated rings. The molecule has 0 aliphatic rings. The van der Waals surface area contributed by atoms with Crippen LogP contribution in [0.3, 0.4) is 0 Å². The minimum absolute atomic E-state index is 0.840. The number of benzene rings is 1. The zero-order valence-electron chi connectivity index (χ0n) is 5.78. The van der Waals surface area contributed by atoms with Gasteiger partial charge in [0.15, 0.2) is 0 Å². The fourth-order valence-electron chi connectivity index (χ4n) is 0.837. The van der Waals surface area contributed by atoms with Gasteiger partial charge in [-0.2, -0.15) is 0 Å². The monoisotopic (exact) mass is 296 g/mol. The molecule has 0 spiro atoms. The van der Waals surface area contributed by atoms with Crippen LogP contribution in [0.1, 0.15) is 5.56 Å². The van der Waals surface area contributed by atoms with E-state index in [0.717, 1.165) is 21.2 Å². The molecule has 0 N–H and O–H groups in total. The molecule has 0 radical (unpaired) electrons. The molecule has 0 saturated carbocycles. The van der Waals surface area contributed by atoms with Crippen molar-refractivity contribution >= 4 is 43.5 Å². The molecule has 0 bridgehead atoms. The maximum absolute atomic E-state index is 5.93. The summed E-state index contributed by atoms with van der Waals surface area (Å²) in [6, 6.07) is 5.90. The van der Waals surface area contributed by atoms with Gasteiger partial charge >= 0.3 is 0 Å². The number of rotatable bonds is 2. The third-order valence-electron chi connectivity index (χ3n) is 1.37. The maximum atomic E-state index is 5.93. The molecule has 0 amide bonds. The van der Waals surface area contributed by atoms with E-state index >= 15 is 0 Å². The lowest BCUT2D eigenvalue weighted by Gasteiger charge is -2.01. The largest absolute Gasteiger partial charge is 0.0924 e. The van der Waals surface area contributed by atoms with E-state index in [0.29, 0.717) is 0 Å². The first-order valence-electron chi connectivity index (χ1n) is 3.24. The molecular weight excluding hydrogens is 291 g/mol. The summed E-state index contributed by atoms with van der Waals surface area (Å²) >= 11 is 12.7. The first-order valence-corrected chi connectivity index (χ1v) is 5.53. The summed E-state index contributed by atoms with van der Waals surface area (Å²) in [4.78, 5) is 0. The average Bonchev–Trinajstić information content (AvgIpc) is 1.98. The molecule has 0 aliphatic carbocycles. The van der Waals surface area contributed by atoms with Gasteiger partial charge in [-0.3, -0.25) is 0 Å². The van der Waals surface area contributed by atoms with E-state index in [4.69, 9.17) is 11.6 Å². The van der Waals surface area contributed by atoms with Gasteiger partial charge in [0.05, 0.1) is 0 Å². The van der Waals surface area contributed by atoms with Crippen molar-refractivity contribution in [3.05, 3.63) is 33.3 Å². The molecular formula is C8H7Br2Cl. The van der Waals surface area contributed by atoms with Gasteiger partial charge < -0.3 is 0 Å². The van der Waals surface area contributed by atoms with Gasteiger partial charge in [-0.15, -0.1) is 0 Å². The minimum atomic E-state index is 0.840. The van der Waals surface area contributed by atoms with E-state index in [1.165, 1.54) is 5.56 Å². The summed E-state index contributed by atoms with van der Waals surface area (Å²) in [5.74, 6) is 0. The van der Waals surface area contributed by atoms with Gasteiger partial charge in [0, 0.05) is 14.8 Å². The molecule has 0 saturated heterocycles. The quantitative estimate of drug-likeness (QED) is 0.723. The van der Waals surface area contributed by atoms with Crippen LogP contribution in [0.2, 0.25) is 5.02 Å². The molecule has 3 heteroatoms. The van der Waals surface area contributed by atoms with Crippen LogP contribution in [0.25, 0.3) is 0 Å². The van der Waals surface area contributed by atoms with Crippen molar-refractivity contribution in [1.29, 1.82) is 0 Å². The SMILES string of the molecule is Clc1ccc(Br)cc1CCBr. The van der Waals surface area contributed by atoms with E-state index in [1.54, 1.807) is 0 Å². The standard InChI is InChI=1S/C8H7Br2Cl/c9-4-3-6-5-7(10)1-2-8(6)11/h1-2,5H,3-4H2. The predicted molar refractivity (Wildman–Crippen MR) is 56.7 cm³/mol. The Kier molecular flexibility index (Phi) is 3.90. The van der Waals surface area contributed by atoms with Crippen molar-refractivity contribution in [2.45, 2.75) is 6.42 Å². The molecule has 1 rings (SSSR count). The van der Waals surface area contributed by atoms with E-state index in [9.17, 15) is 0 Å². The van der Waals surface area contributed by atoms with Gasteiger partial charge in [0.1, 0.15) is 0 Å². The van der Waals surface area contributed by atoms with Crippen LogP contribution in [-0.4, -0.2) is 5.33 Å². The fourth-order valence-corrected chi connectivity index (χ4v) is 1.88. The van der Waals surface area contributed by atoms with Crippen molar-refractivity contribution in [1.82, 2.24) is 0 Å². The number of alkyl halides is 1. The second-order valence-electron chi connectivity index (χ2n) is 2.17. The second kappa shape index (κ2) is 4.48. The van der Waals surface area contributed by atoms with Gasteiger partial charge in [0.25, 0.3) is 0 Å². The lowest BCUT2D eigenvalue weighted by atomic mass is 10.2. The smallest absolute Gasteiger partial charge is 0.0439 e. The Bertz CT molecular complexity index is 248. The number of aryl methyl sites for hydroxylation is 1. The molecule has 0 heterocycles. The summed E-state index contributed by atoms with van der Waals surface area (Å²) < 4.78 is 1.08. The molecule has 1 aromatic rings. The van der Waals surface area contributed by atoms with Gasteiger partial charge in [-0.05, 0) is 30.2 Å². The lowest BCUT2D eigenvalue weighted by Crippen LogP contribution is -1.86. The Morgan fingerprint density at radius 1 is 1.36 bits per heavy atom. The van der Waals surface area contributed by atoms with E-state index in [2.05, 4.69) is 31.9 Å². The van der Waals surface area contributed by atoms with Crippen LogP contribution in [0.4, 0.5) is 0 Å². The van der Waals surface area contributed by atoms with Crippen molar-refractivity contribution in [2.24, 2.45) is 0 Å². The molecule has 0 aromatic heterocycles. The zero-order chi connectivity index (χ0) is 8.27. The van der Waals surface area contributed by atoms with Crippen molar-refractivity contribution in [2.75, 3.05) is 5.33 Å². The molecule has 0 unspecified atom stereocenters. The van der Waals surface area contributed by atoms with Gasteiger partial charge in [0.2, 0.25) is 0 Å². The normalized spacial score (nSPS) is 10.1. The topological polar surface area (TPSA) is 0 Å². The lowest BCUT2D eigenvalue weighted by molar-refractivity contribution is 1.17. The van der Waals surface area contributed by atoms with E-state index < -0.39 is 0 Å². The highest BCUT2D eigenvalue weighted by Gasteiger charge is 1.98. The zero-order valence-corrected chi connectivity index (χ0v) is 9.71. The Labute approximate surface area is 88.2 Å². The van der Waals surface area contributed by atoms with Crippen molar-refractivity contribution in [3.63, 3.8) is 0 Å². The average molecular weight is 298 g/mol. The summed E-state index contributed by atoms with van der Waals surface area (Å²) in [7, 11) is 0. The third-order valence-corrected chi connectivity index (χ3v) is 2.63. The Balaban J connectivity index is 2.93.